The molecule has 8 nitrogen and oxygen atoms in total. The van der Waals surface area contributed by atoms with Crippen LogP contribution in [-0.4, -0.2) is 31.9 Å². The molecule has 1 atom stereocenters. The second-order valence-corrected chi connectivity index (χ2v) is 6.28. The van der Waals surface area contributed by atoms with E-state index in [2.05, 4.69) is 25.3 Å². The fourth-order valence-corrected chi connectivity index (χ4v) is 3.00. The molecule has 0 spiro atoms. The van der Waals surface area contributed by atoms with Gasteiger partial charge in [0.05, 0.1) is 11.4 Å². The average Bonchev–Trinajstić information content (AvgIpc) is 3.40. The molecular formula is C19H21N5O3. The van der Waals surface area contributed by atoms with E-state index in [4.69, 9.17) is 14.0 Å². The summed E-state index contributed by atoms with van der Waals surface area (Å²) < 4.78 is 16.6. The summed E-state index contributed by atoms with van der Waals surface area (Å²) >= 11 is 0. The zero-order valence-electron chi connectivity index (χ0n) is 15.4. The molecule has 1 aliphatic heterocycles. The molecule has 3 heterocycles. The van der Waals surface area contributed by atoms with Gasteiger partial charge in [-0.15, -0.1) is 5.10 Å². The third kappa shape index (κ3) is 3.80. The smallest absolute Gasteiger partial charge is 0.341 e. The van der Waals surface area contributed by atoms with Gasteiger partial charge in [-0.1, -0.05) is 24.1 Å². The van der Waals surface area contributed by atoms with Gasteiger partial charge in [-0.3, -0.25) is 0 Å². The molecule has 4 rings (SSSR count). The van der Waals surface area contributed by atoms with Gasteiger partial charge in [0.15, 0.2) is 0 Å². The number of benzene rings is 1. The molecule has 8 heteroatoms. The third-order valence-electron chi connectivity index (χ3n) is 4.46. The summed E-state index contributed by atoms with van der Waals surface area (Å²) in [5.74, 6) is 1.69. The lowest BCUT2D eigenvalue weighted by molar-refractivity contribution is 0.0835. The number of ether oxygens (including phenoxy) is 2. The fourth-order valence-electron chi connectivity index (χ4n) is 3.00. The van der Waals surface area contributed by atoms with Gasteiger partial charge in [0.1, 0.15) is 11.9 Å². The number of rotatable bonds is 6. The highest BCUT2D eigenvalue weighted by atomic mass is 16.5. The van der Waals surface area contributed by atoms with Crippen molar-refractivity contribution < 1.29 is 14.0 Å². The van der Waals surface area contributed by atoms with Crippen molar-refractivity contribution in [1.29, 1.82) is 0 Å². The Morgan fingerprint density at radius 3 is 2.56 bits per heavy atom. The van der Waals surface area contributed by atoms with Gasteiger partial charge >= 0.3 is 6.01 Å². The first kappa shape index (κ1) is 17.5. The second kappa shape index (κ2) is 7.79. The minimum absolute atomic E-state index is 0.0858. The van der Waals surface area contributed by atoms with Gasteiger partial charge in [-0.25, -0.2) is 0 Å². The molecule has 0 N–H and O–H groups in total. The van der Waals surface area contributed by atoms with Gasteiger partial charge in [0.2, 0.25) is 5.82 Å². The Labute approximate surface area is 156 Å². The standard InChI is InChI=1S/C19H21N5O3/c1-3-14-15(4-2)22-23-19(20-14)26-13-9-7-12(8-10-13)17-21-18(27-24-17)16-6-5-11-25-16/h7-10,16H,3-6,11H2,1-2H3. The van der Waals surface area contributed by atoms with E-state index in [1.807, 2.05) is 38.1 Å². The quantitative estimate of drug-likeness (QED) is 0.651. The van der Waals surface area contributed by atoms with Crippen molar-refractivity contribution in [2.24, 2.45) is 0 Å². The van der Waals surface area contributed by atoms with Crippen LogP contribution < -0.4 is 4.74 Å². The van der Waals surface area contributed by atoms with Crippen LogP contribution in [0.1, 0.15) is 50.1 Å². The van der Waals surface area contributed by atoms with Crippen molar-refractivity contribution >= 4 is 0 Å². The Kier molecular flexibility index (Phi) is 5.06. The van der Waals surface area contributed by atoms with Gasteiger partial charge in [0, 0.05) is 12.2 Å². The van der Waals surface area contributed by atoms with Crippen LogP contribution in [0.3, 0.4) is 0 Å². The molecule has 1 aromatic carbocycles. The zero-order valence-corrected chi connectivity index (χ0v) is 15.4. The minimum Gasteiger partial charge on any atom is -0.423 e. The molecule has 1 unspecified atom stereocenters. The Morgan fingerprint density at radius 1 is 1.04 bits per heavy atom. The van der Waals surface area contributed by atoms with Crippen molar-refractivity contribution in [2.45, 2.75) is 45.6 Å². The first-order valence-electron chi connectivity index (χ1n) is 9.22. The van der Waals surface area contributed by atoms with Crippen LogP contribution in [0.5, 0.6) is 11.8 Å². The predicted octanol–water partition coefficient (Wildman–Crippen LogP) is 3.69. The van der Waals surface area contributed by atoms with E-state index in [9.17, 15) is 0 Å². The lowest BCUT2D eigenvalue weighted by atomic mass is 10.2. The summed E-state index contributed by atoms with van der Waals surface area (Å²) in [4.78, 5) is 8.88. The molecule has 3 aromatic rings. The van der Waals surface area contributed by atoms with Crippen LogP contribution in [0.15, 0.2) is 28.8 Å². The monoisotopic (exact) mass is 367 g/mol. The third-order valence-corrected chi connectivity index (χ3v) is 4.46. The molecule has 27 heavy (non-hydrogen) atoms. The average molecular weight is 367 g/mol. The Morgan fingerprint density at radius 2 is 1.85 bits per heavy atom. The first-order chi connectivity index (χ1) is 13.3. The number of hydrogen-bond donors (Lipinski definition) is 0. The van der Waals surface area contributed by atoms with Crippen molar-refractivity contribution in [1.82, 2.24) is 25.3 Å². The topological polar surface area (TPSA) is 96.1 Å². The van der Waals surface area contributed by atoms with Crippen LogP contribution in [-0.2, 0) is 17.6 Å². The van der Waals surface area contributed by atoms with E-state index in [0.29, 0.717) is 17.5 Å². The molecule has 0 saturated carbocycles. The molecule has 1 saturated heterocycles. The van der Waals surface area contributed by atoms with E-state index in [-0.39, 0.29) is 12.1 Å². The van der Waals surface area contributed by atoms with Gasteiger partial charge in [0.25, 0.3) is 5.89 Å². The van der Waals surface area contributed by atoms with Crippen molar-refractivity contribution in [3.63, 3.8) is 0 Å². The van der Waals surface area contributed by atoms with Crippen LogP contribution in [0.25, 0.3) is 11.4 Å². The summed E-state index contributed by atoms with van der Waals surface area (Å²) in [5, 5.41) is 12.3. The first-order valence-corrected chi connectivity index (χ1v) is 9.22. The lowest BCUT2D eigenvalue weighted by Crippen LogP contribution is -2.04. The minimum atomic E-state index is -0.0858. The van der Waals surface area contributed by atoms with E-state index in [1.165, 1.54) is 0 Å². The molecule has 2 aromatic heterocycles. The van der Waals surface area contributed by atoms with Crippen molar-refractivity contribution in [3.8, 4) is 23.1 Å². The van der Waals surface area contributed by atoms with Gasteiger partial charge in [-0.05, 0) is 49.9 Å². The SMILES string of the molecule is CCc1nnc(Oc2ccc(-c3noc(C4CCCO4)n3)cc2)nc1CC. The molecule has 0 amide bonds. The van der Waals surface area contributed by atoms with Crippen LogP contribution in [0.2, 0.25) is 0 Å². The summed E-state index contributed by atoms with van der Waals surface area (Å²) in [6.07, 6.45) is 3.44. The van der Waals surface area contributed by atoms with Crippen LogP contribution in [0.4, 0.5) is 0 Å². The van der Waals surface area contributed by atoms with Gasteiger partial charge in [-0.2, -0.15) is 9.97 Å². The Hall–Kier alpha value is -2.87. The van der Waals surface area contributed by atoms with E-state index in [1.54, 1.807) is 0 Å². The summed E-state index contributed by atoms with van der Waals surface area (Å²) in [5.41, 5.74) is 2.65. The number of hydrogen-bond acceptors (Lipinski definition) is 8. The summed E-state index contributed by atoms with van der Waals surface area (Å²) in [6.45, 7) is 4.81. The number of aryl methyl sites for hydroxylation is 2. The molecule has 0 radical (unpaired) electrons. The number of nitrogens with zero attached hydrogens (tertiary/aromatic N) is 5. The van der Waals surface area contributed by atoms with Crippen molar-refractivity contribution in [3.05, 3.63) is 41.5 Å². The normalized spacial score (nSPS) is 16.6. The van der Waals surface area contributed by atoms with E-state index >= 15 is 0 Å². The maximum atomic E-state index is 5.73. The molecule has 1 fully saturated rings. The van der Waals surface area contributed by atoms with E-state index < -0.39 is 0 Å². The maximum absolute atomic E-state index is 5.73. The predicted molar refractivity (Wildman–Crippen MR) is 96.3 cm³/mol. The maximum Gasteiger partial charge on any atom is 0.341 e. The highest BCUT2D eigenvalue weighted by Gasteiger charge is 2.24. The van der Waals surface area contributed by atoms with Crippen molar-refractivity contribution in [2.75, 3.05) is 6.61 Å². The largest absolute Gasteiger partial charge is 0.423 e. The second-order valence-electron chi connectivity index (χ2n) is 6.28. The molecule has 1 aliphatic rings. The molecule has 0 aliphatic carbocycles. The van der Waals surface area contributed by atoms with E-state index in [0.717, 1.165) is 49.2 Å². The fraction of sp³-hybridized carbons (Fsp3) is 0.421. The molecule has 0 bridgehead atoms. The molecule has 140 valence electrons. The number of aromatic nitrogens is 5. The zero-order chi connectivity index (χ0) is 18.6. The Balaban J connectivity index is 1.47. The highest BCUT2D eigenvalue weighted by molar-refractivity contribution is 5.55. The van der Waals surface area contributed by atoms with Gasteiger partial charge < -0.3 is 14.0 Å². The molecular weight excluding hydrogens is 346 g/mol. The van der Waals surface area contributed by atoms with Crippen LogP contribution in [0, 0.1) is 0 Å². The highest BCUT2D eigenvalue weighted by Crippen LogP contribution is 2.29. The van der Waals surface area contributed by atoms with Crippen LogP contribution >= 0.6 is 0 Å². The summed E-state index contributed by atoms with van der Waals surface area (Å²) in [6, 6.07) is 7.62. The Bertz CT molecular complexity index is 904. The summed E-state index contributed by atoms with van der Waals surface area (Å²) in [7, 11) is 0. The lowest BCUT2D eigenvalue weighted by Gasteiger charge is -2.07.